The number of aromatic nitrogens is 2. The smallest absolute Gasteiger partial charge is 0.257 e. The third-order valence-corrected chi connectivity index (χ3v) is 4.29. The van der Waals surface area contributed by atoms with Gasteiger partial charge in [0.15, 0.2) is 0 Å². The Labute approximate surface area is 118 Å². The summed E-state index contributed by atoms with van der Waals surface area (Å²) in [6.07, 6.45) is 1.76. The van der Waals surface area contributed by atoms with E-state index in [4.69, 9.17) is 0 Å². The molecule has 0 N–H and O–H groups in total. The van der Waals surface area contributed by atoms with Crippen LogP contribution in [0.3, 0.4) is 0 Å². The van der Waals surface area contributed by atoms with Crippen molar-refractivity contribution in [2.45, 2.75) is 13.5 Å². The third kappa shape index (κ3) is 2.81. The summed E-state index contributed by atoms with van der Waals surface area (Å²) < 4.78 is 2.72. The molecule has 0 aliphatic rings. The standard InChI is InChI=1S/C12H14BrN3OS/c1-8-11(6-16(3)14-8)12(17)15(2)5-10-4-9(13)7-18-10/h4,6-7H,5H2,1-3H3. The molecule has 0 spiro atoms. The average Bonchev–Trinajstić information content (AvgIpc) is 2.84. The molecule has 0 bridgehead atoms. The number of nitrogens with zero attached hydrogens (tertiary/aromatic N) is 3. The minimum atomic E-state index is 0.00474. The monoisotopic (exact) mass is 327 g/mol. The molecule has 2 aromatic rings. The fourth-order valence-corrected chi connectivity index (χ4v) is 3.26. The van der Waals surface area contributed by atoms with Crippen molar-refractivity contribution in [1.82, 2.24) is 14.7 Å². The molecule has 4 nitrogen and oxygen atoms in total. The number of carbonyl (C=O) groups is 1. The molecule has 0 radical (unpaired) electrons. The van der Waals surface area contributed by atoms with Crippen molar-refractivity contribution in [3.05, 3.63) is 38.3 Å². The van der Waals surface area contributed by atoms with E-state index in [0.717, 1.165) is 15.0 Å². The lowest BCUT2D eigenvalue weighted by molar-refractivity contribution is 0.0785. The Bertz CT molecular complexity index is 576. The highest BCUT2D eigenvalue weighted by molar-refractivity contribution is 9.10. The molecular formula is C12H14BrN3OS. The van der Waals surface area contributed by atoms with Gasteiger partial charge in [-0.1, -0.05) is 0 Å². The summed E-state index contributed by atoms with van der Waals surface area (Å²) >= 11 is 5.05. The molecule has 1 amide bonds. The first-order chi connectivity index (χ1) is 8.47. The van der Waals surface area contributed by atoms with Gasteiger partial charge in [-0.15, -0.1) is 11.3 Å². The summed E-state index contributed by atoms with van der Waals surface area (Å²) in [5.41, 5.74) is 1.43. The van der Waals surface area contributed by atoms with Gasteiger partial charge in [0.2, 0.25) is 0 Å². The van der Waals surface area contributed by atoms with Gasteiger partial charge < -0.3 is 4.90 Å². The number of thiophene rings is 1. The van der Waals surface area contributed by atoms with Gasteiger partial charge in [0.05, 0.1) is 17.8 Å². The van der Waals surface area contributed by atoms with E-state index in [1.54, 1.807) is 27.1 Å². The Morgan fingerprint density at radius 2 is 2.33 bits per heavy atom. The first-order valence-corrected chi connectivity index (χ1v) is 7.13. The van der Waals surface area contributed by atoms with Gasteiger partial charge in [-0.2, -0.15) is 5.10 Å². The van der Waals surface area contributed by atoms with Crippen molar-refractivity contribution in [1.29, 1.82) is 0 Å². The van der Waals surface area contributed by atoms with Crippen LogP contribution in [0.15, 0.2) is 22.1 Å². The molecule has 0 aromatic carbocycles. The van der Waals surface area contributed by atoms with E-state index < -0.39 is 0 Å². The number of hydrogen-bond donors (Lipinski definition) is 0. The Morgan fingerprint density at radius 3 is 2.83 bits per heavy atom. The highest BCUT2D eigenvalue weighted by Gasteiger charge is 2.17. The van der Waals surface area contributed by atoms with Crippen LogP contribution in [0.2, 0.25) is 0 Å². The Balaban J connectivity index is 2.11. The summed E-state index contributed by atoms with van der Waals surface area (Å²) in [4.78, 5) is 15.1. The van der Waals surface area contributed by atoms with E-state index in [1.165, 1.54) is 0 Å². The van der Waals surface area contributed by atoms with Crippen molar-refractivity contribution < 1.29 is 4.79 Å². The predicted molar refractivity (Wildman–Crippen MR) is 75.8 cm³/mol. The highest BCUT2D eigenvalue weighted by Crippen LogP contribution is 2.21. The lowest BCUT2D eigenvalue weighted by Crippen LogP contribution is -2.26. The summed E-state index contributed by atoms with van der Waals surface area (Å²) in [5, 5.41) is 6.21. The molecular weight excluding hydrogens is 314 g/mol. The molecule has 0 atom stereocenters. The molecule has 96 valence electrons. The molecule has 6 heteroatoms. The highest BCUT2D eigenvalue weighted by atomic mass is 79.9. The minimum Gasteiger partial charge on any atom is -0.336 e. The number of aryl methyl sites for hydroxylation is 2. The molecule has 0 aliphatic heterocycles. The fourth-order valence-electron chi connectivity index (χ4n) is 1.76. The van der Waals surface area contributed by atoms with Gasteiger partial charge in [-0.05, 0) is 28.9 Å². The van der Waals surface area contributed by atoms with Crippen LogP contribution < -0.4 is 0 Å². The van der Waals surface area contributed by atoms with Gasteiger partial charge in [0, 0.05) is 35.0 Å². The van der Waals surface area contributed by atoms with Crippen molar-refractivity contribution in [3.63, 3.8) is 0 Å². The van der Waals surface area contributed by atoms with Crippen LogP contribution >= 0.6 is 27.3 Å². The second-order valence-electron chi connectivity index (χ2n) is 4.19. The van der Waals surface area contributed by atoms with Crippen molar-refractivity contribution >= 4 is 33.2 Å². The van der Waals surface area contributed by atoms with E-state index in [9.17, 15) is 4.79 Å². The van der Waals surface area contributed by atoms with Gasteiger partial charge in [-0.3, -0.25) is 9.48 Å². The minimum absolute atomic E-state index is 0.00474. The SMILES string of the molecule is Cc1nn(C)cc1C(=O)N(C)Cc1cc(Br)cs1. The second-order valence-corrected chi connectivity index (χ2v) is 6.11. The maximum absolute atomic E-state index is 12.3. The van der Waals surface area contributed by atoms with Gasteiger partial charge in [0.25, 0.3) is 5.91 Å². The number of carbonyl (C=O) groups excluding carboxylic acids is 1. The van der Waals surface area contributed by atoms with Gasteiger partial charge in [0.1, 0.15) is 0 Å². The molecule has 0 saturated heterocycles. The van der Waals surface area contributed by atoms with E-state index in [0.29, 0.717) is 12.1 Å². The largest absolute Gasteiger partial charge is 0.336 e. The molecule has 0 unspecified atom stereocenters. The molecule has 2 rings (SSSR count). The van der Waals surface area contributed by atoms with E-state index >= 15 is 0 Å². The number of halogens is 1. The zero-order valence-corrected chi connectivity index (χ0v) is 12.9. The van der Waals surface area contributed by atoms with Gasteiger partial charge >= 0.3 is 0 Å². The van der Waals surface area contributed by atoms with Crippen LogP contribution in [-0.4, -0.2) is 27.6 Å². The van der Waals surface area contributed by atoms with Crippen molar-refractivity contribution in [2.24, 2.45) is 7.05 Å². The zero-order valence-electron chi connectivity index (χ0n) is 10.5. The summed E-state index contributed by atoms with van der Waals surface area (Å²) in [6.45, 7) is 2.46. The molecule has 0 aliphatic carbocycles. The van der Waals surface area contributed by atoms with E-state index in [-0.39, 0.29) is 5.91 Å². The maximum Gasteiger partial charge on any atom is 0.257 e. The van der Waals surface area contributed by atoms with Crippen LogP contribution in [0.4, 0.5) is 0 Å². The zero-order chi connectivity index (χ0) is 13.3. The van der Waals surface area contributed by atoms with Crippen LogP contribution in [0.5, 0.6) is 0 Å². The van der Waals surface area contributed by atoms with Crippen LogP contribution in [0, 0.1) is 6.92 Å². The molecule has 2 heterocycles. The predicted octanol–water partition coefficient (Wildman–Crippen LogP) is 2.82. The Kier molecular flexibility index (Phi) is 3.87. The first kappa shape index (κ1) is 13.3. The summed E-state index contributed by atoms with van der Waals surface area (Å²) in [5.74, 6) is 0.00474. The van der Waals surface area contributed by atoms with Crippen molar-refractivity contribution in [2.75, 3.05) is 7.05 Å². The van der Waals surface area contributed by atoms with E-state index in [1.807, 2.05) is 32.5 Å². The first-order valence-electron chi connectivity index (χ1n) is 5.46. The van der Waals surface area contributed by atoms with Crippen LogP contribution in [0.25, 0.3) is 0 Å². The van der Waals surface area contributed by atoms with Crippen LogP contribution in [0.1, 0.15) is 20.9 Å². The number of rotatable bonds is 3. The second kappa shape index (κ2) is 5.24. The average molecular weight is 328 g/mol. The summed E-state index contributed by atoms with van der Waals surface area (Å²) in [6, 6.07) is 2.03. The fraction of sp³-hybridized carbons (Fsp3) is 0.333. The topological polar surface area (TPSA) is 38.1 Å². The number of amides is 1. The normalized spacial score (nSPS) is 10.7. The molecule has 0 fully saturated rings. The quantitative estimate of drug-likeness (QED) is 0.869. The van der Waals surface area contributed by atoms with Crippen molar-refractivity contribution in [3.8, 4) is 0 Å². The van der Waals surface area contributed by atoms with E-state index in [2.05, 4.69) is 21.0 Å². The third-order valence-electron chi connectivity index (χ3n) is 2.61. The summed E-state index contributed by atoms with van der Waals surface area (Å²) in [7, 11) is 3.63. The van der Waals surface area contributed by atoms with Gasteiger partial charge in [-0.25, -0.2) is 0 Å². The number of hydrogen-bond acceptors (Lipinski definition) is 3. The molecule has 2 aromatic heterocycles. The van der Waals surface area contributed by atoms with Crippen LogP contribution in [-0.2, 0) is 13.6 Å². The lowest BCUT2D eigenvalue weighted by atomic mass is 10.2. The molecule has 18 heavy (non-hydrogen) atoms. The lowest BCUT2D eigenvalue weighted by Gasteiger charge is -2.15. The maximum atomic E-state index is 12.3. The molecule has 0 saturated carbocycles. The Hall–Kier alpha value is -1.14. The Morgan fingerprint density at radius 1 is 1.61 bits per heavy atom.